The van der Waals surface area contributed by atoms with E-state index in [-0.39, 0.29) is 0 Å². The van der Waals surface area contributed by atoms with Crippen LogP contribution in [0.4, 0.5) is 5.69 Å². The first-order valence-electron chi connectivity index (χ1n) is 8.46. The van der Waals surface area contributed by atoms with Crippen molar-refractivity contribution >= 4 is 18.1 Å². The molecule has 0 amide bonds. The van der Waals surface area contributed by atoms with Gasteiger partial charge in [-0.15, -0.1) is 0 Å². The molecule has 0 aliphatic heterocycles. The maximum Gasteiger partial charge on any atom is 0.0689 e. The first-order valence-corrected chi connectivity index (χ1v) is 8.46. The molecule has 0 aliphatic rings. The van der Waals surface area contributed by atoms with E-state index in [0.717, 1.165) is 17.1 Å². The van der Waals surface area contributed by atoms with E-state index >= 15 is 0 Å². The Bertz CT molecular complexity index is 879. The van der Waals surface area contributed by atoms with Crippen molar-refractivity contribution in [3.8, 4) is 0 Å². The number of nitrogens with one attached hydrogen (secondary N) is 1. The fourth-order valence-electron chi connectivity index (χ4n) is 2.92. The topological polar surface area (TPSA) is 40.5 Å². The Kier molecular flexibility index (Phi) is 5.24. The molecule has 0 saturated carbocycles. The number of aromatic amines is 1. The first kappa shape index (κ1) is 16.9. The molecule has 0 saturated heterocycles. The van der Waals surface area contributed by atoms with Gasteiger partial charge in [0.1, 0.15) is 0 Å². The van der Waals surface area contributed by atoms with E-state index in [1.165, 1.54) is 22.3 Å². The lowest BCUT2D eigenvalue weighted by Crippen LogP contribution is -1.88. The molecule has 0 bridgehead atoms. The molecule has 0 spiro atoms. The Balaban J connectivity index is 1.68. The summed E-state index contributed by atoms with van der Waals surface area (Å²) in [6.45, 7) is 7.00. The minimum absolute atomic E-state index is 0.686. The average molecular weight is 329 g/mol. The third-order valence-electron chi connectivity index (χ3n) is 4.05. The molecule has 0 atom stereocenters. The quantitative estimate of drug-likeness (QED) is 0.616. The molecule has 0 fully saturated rings. The highest BCUT2D eigenvalue weighted by molar-refractivity contribution is 5.84. The largest absolute Gasteiger partial charge is 0.353 e. The van der Waals surface area contributed by atoms with E-state index in [1.807, 2.05) is 42.8 Å². The van der Waals surface area contributed by atoms with Gasteiger partial charge in [-0.1, -0.05) is 48.0 Å². The number of benzene rings is 2. The predicted molar refractivity (Wildman–Crippen MR) is 106 cm³/mol. The van der Waals surface area contributed by atoms with Crippen molar-refractivity contribution in [3.63, 3.8) is 0 Å². The van der Waals surface area contributed by atoms with Crippen LogP contribution in [0.2, 0.25) is 0 Å². The Labute approximate surface area is 149 Å². The number of aryl methyl sites for hydroxylation is 3. The van der Waals surface area contributed by atoms with Crippen molar-refractivity contribution in [2.75, 3.05) is 0 Å². The van der Waals surface area contributed by atoms with Crippen LogP contribution in [0.25, 0.3) is 0 Å². The number of hydrogen-bond donors (Lipinski definition) is 1. The molecule has 0 unspecified atom stereocenters. The summed E-state index contributed by atoms with van der Waals surface area (Å²) in [7, 11) is 0. The summed E-state index contributed by atoms with van der Waals surface area (Å²) in [6, 6.07) is 18.6. The second kappa shape index (κ2) is 7.75. The molecule has 1 heterocycles. The molecule has 2 aromatic carbocycles. The van der Waals surface area contributed by atoms with Crippen LogP contribution in [0, 0.1) is 20.8 Å². The highest BCUT2D eigenvalue weighted by Gasteiger charge is 2.02. The van der Waals surface area contributed by atoms with Crippen LogP contribution in [-0.4, -0.2) is 17.4 Å². The van der Waals surface area contributed by atoms with E-state index in [0.29, 0.717) is 6.54 Å². The van der Waals surface area contributed by atoms with Crippen LogP contribution in [-0.2, 0) is 6.54 Å². The van der Waals surface area contributed by atoms with Crippen LogP contribution in [0.5, 0.6) is 0 Å². The zero-order chi connectivity index (χ0) is 17.6. The molecule has 25 heavy (non-hydrogen) atoms. The SMILES string of the molecule is Cc1cc(C)c(N=Cc2ccc(C=NCc3ccccc3)[nH]2)c(C)c1. The summed E-state index contributed by atoms with van der Waals surface area (Å²) in [5.74, 6) is 0. The third kappa shape index (κ3) is 4.54. The van der Waals surface area contributed by atoms with Gasteiger partial charge in [0.2, 0.25) is 0 Å². The Morgan fingerprint density at radius 3 is 2.16 bits per heavy atom. The normalized spacial score (nSPS) is 11.6. The molecule has 3 heteroatoms. The van der Waals surface area contributed by atoms with Crippen LogP contribution < -0.4 is 0 Å². The lowest BCUT2D eigenvalue weighted by Gasteiger charge is -2.05. The molecule has 126 valence electrons. The maximum atomic E-state index is 4.66. The summed E-state index contributed by atoms with van der Waals surface area (Å²) in [6.07, 6.45) is 3.74. The number of aliphatic imine (C=N–C) groups is 2. The van der Waals surface area contributed by atoms with E-state index in [2.05, 4.69) is 60.0 Å². The average Bonchev–Trinajstić information content (AvgIpc) is 3.03. The minimum atomic E-state index is 0.686. The molecule has 3 rings (SSSR count). The van der Waals surface area contributed by atoms with E-state index in [4.69, 9.17) is 0 Å². The van der Waals surface area contributed by atoms with Gasteiger partial charge in [-0.05, 0) is 49.6 Å². The van der Waals surface area contributed by atoms with Crippen LogP contribution in [0.3, 0.4) is 0 Å². The molecule has 3 nitrogen and oxygen atoms in total. The van der Waals surface area contributed by atoms with Crippen LogP contribution >= 0.6 is 0 Å². The third-order valence-corrected chi connectivity index (χ3v) is 4.05. The number of H-pyrrole nitrogens is 1. The number of aromatic nitrogens is 1. The second-order valence-corrected chi connectivity index (χ2v) is 6.33. The van der Waals surface area contributed by atoms with Gasteiger partial charge in [-0.3, -0.25) is 9.98 Å². The summed E-state index contributed by atoms with van der Waals surface area (Å²) in [5, 5.41) is 0. The molecule has 0 radical (unpaired) electrons. The van der Waals surface area contributed by atoms with Crippen molar-refractivity contribution in [1.82, 2.24) is 4.98 Å². The van der Waals surface area contributed by atoms with Crippen molar-refractivity contribution in [1.29, 1.82) is 0 Å². The summed E-state index contributed by atoms with van der Waals surface area (Å²) < 4.78 is 0. The monoisotopic (exact) mass is 329 g/mol. The maximum absolute atomic E-state index is 4.66. The summed E-state index contributed by atoms with van der Waals surface area (Å²) >= 11 is 0. The molecular formula is C22H23N3. The molecule has 1 N–H and O–H groups in total. The van der Waals surface area contributed by atoms with E-state index in [9.17, 15) is 0 Å². The second-order valence-electron chi connectivity index (χ2n) is 6.33. The molecule has 3 aromatic rings. The Hall–Kier alpha value is -2.94. The molecule has 1 aromatic heterocycles. The van der Waals surface area contributed by atoms with E-state index < -0.39 is 0 Å². The first-order chi connectivity index (χ1) is 12.1. The number of hydrogen-bond acceptors (Lipinski definition) is 2. The van der Waals surface area contributed by atoms with Crippen molar-refractivity contribution < 1.29 is 0 Å². The van der Waals surface area contributed by atoms with Crippen LogP contribution in [0.15, 0.2) is 64.6 Å². The zero-order valence-corrected chi connectivity index (χ0v) is 15.0. The van der Waals surface area contributed by atoms with Gasteiger partial charge < -0.3 is 4.98 Å². The smallest absolute Gasteiger partial charge is 0.0689 e. The Morgan fingerprint density at radius 2 is 1.48 bits per heavy atom. The van der Waals surface area contributed by atoms with E-state index in [1.54, 1.807) is 0 Å². The molecular weight excluding hydrogens is 306 g/mol. The van der Waals surface area contributed by atoms with Gasteiger partial charge in [0.15, 0.2) is 0 Å². The van der Waals surface area contributed by atoms with Gasteiger partial charge in [-0.2, -0.15) is 0 Å². The van der Waals surface area contributed by atoms with Crippen molar-refractivity contribution in [3.05, 3.63) is 88.2 Å². The predicted octanol–water partition coefficient (Wildman–Crippen LogP) is 5.31. The zero-order valence-electron chi connectivity index (χ0n) is 15.0. The lowest BCUT2D eigenvalue weighted by molar-refractivity contribution is 1.07. The summed E-state index contributed by atoms with van der Waals surface area (Å²) in [4.78, 5) is 12.5. The van der Waals surface area contributed by atoms with Gasteiger partial charge in [0.25, 0.3) is 0 Å². The van der Waals surface area contributed by atoms with Gasteiger partial charge in [0, 0.05) is 6.21 Å². The van der Waals surface area contributed by atoms with Crippen LogP contribution in [0.1, 0.15) is 33.6 Å². The van der Waals surface area contributed by atoms with Gasteiger partial charge in [-0.25, -0.2) is 0 Å². The highest BCUT2D eigenvalue weighted by Crippen LogP contribution is 2.24. The fraction of sp³-hybridized carbons (Fsp3) is 0.182. The van der Waals surface area contributed by atoms with Gasteiger partial charge in [0.05, 0.1) is 29.8 Å². The number of rotatable bonds is 5. The van der Waals surface area contributed by atoms with Crippen molar-refractivity contribution in [2.45, 2.75) is 27.3 Å². The van der Waals surface area contributed by atoms with Gasteiger partial charge >= 0.3 is 0 Å². The van der Waals surface area contributed by atoms with Crippen molar-refractivity contribution in [2.24, 2.45) is 9.98 Å². The summed E-state index contributed by atoms with van der Waals surface area (Å²) in [5.41, 5.74) is 7.87. The Morgan fingerprint density at radius 1 is 0.840 bits per heavy atom. The highest BCUT2D eigenvalue weighted by atomic mass is 14.8. The minimum Gasteiger partial charge on any atom is -0.353 e. The lowest BCUT2D eigenvalue weighted by atomic mass is 10.1. The number of nitrogens with zero attached hydrogens (tertiary/aromatic N) is 2. The fourth-order valence-corrected chi connectivity index (χ4v) is 2.92. The standard InChI is InChI=1S/C22H23N3/c1-16-11-17(2)22(18(3)12-16)24-15-21-10-9-20(25-21)14-23-13-19-7-5-4-6-8-19/h4-12,14-15,25H,13H2,1-3H3. The molecule has 0 aliphatic carbocycles.